The van der Waals surface area contributed by atoms with Crippen LogP contribution in [0.3, 0.4) is 0 Å². The van der Waals surface area contributed by atoms with E-state index in [2.05, 4.69) is 10.3 Å². The molecule has 23 heavy (non-hydrogen) atoms. The summed E-state index contributed by atoms with van der Waals surface area (Å²) in [5.41, 5.74) is 0.735. The second kappa shape index (κ2) is 6.12. The summed E-state index contributed by atoms with van der Waals surface area (Å²) in [6, 6.07) is 6.66. The number of β-amino-alcohol motifs (C(OH)–C–C–N with tert-alkyl or cyclic N) is 1. The summed E-state index contributed by atoms with van der Waals surface area (Å²) in [6.45, 7) is 0.184. The van der Waals surface area contributed by atoms with E-state index in [0.29, 0.717) is 5.02 Å². The monoisotopic (exact) mass is 356 g/mol. The van der Waals surface area contributed by atoms with E-state index in [1.807, 2.05) is 6.07 Å². The minimum atomic E-state index is -3.71. The Hall–Kier alpha value is -1.61. The molecule has 3 rings (SSSR count). The maximum absolute atomic E-state index is 12.5. The zero-order valence-corrected chi connectivity index (χ0v) is 14.0. The maximum atomic E-state index is 12.5. The Morgan fingerprint density at radius 3 is 2.83 bits per heavy atom. The molecule has 0 radical (unpaired) electrons. The minimum Gasteiger partial charge on any atom is -0.390 e. The molecule has 1 saturated heterocycles. The van der Waals surface area contributed by atoms with Crippen molar-refractivity contribution < 1.29 is 13.5 Å². The van der Waals surface area contributed by atoms with Crippen molar-refractivity contribution in [1.29, 1.82) is 0 Å². The molecule has 2 atom stereocenters. The topological polar surface area (TPSA) is 87.5 Å². The van der Waals surface area contributed by atoms with E-state index in [4.69, 9.17) is 11.6 Å². The third-order valence-electron chi connectivity index (χ3n) is 3.72. The molecule has 1 aliphatic heterocycles. The molecule has 9 heteroatoms. The van der Waals surface area contributed by atoms with Gasteiger partial charge in [-0.2, -0.15) is 4.31 Å². The van der Waals surface area contributed by atoms with E-state index in [0.717, 1.165) is 5.69 Å². The number of benzene rings is 1. The van der Waals surface area contributed by atoms with E-state index < -0.39 is 22.2 Å². The van der Waals surface area contributed by atoms with Crippen LogP contribution in [0.4, 0.5) is 5.69 Å². The number of rotatable bonds is 4. The van der Waals surface area contributed by atoms with E-state index in [9.17, 15) is 13.5 Å². The van der Waals surface area contributed by atoms with Crippen LogP contribution < -0.4 is 5.32 Å². The average Bonchev–Trinajstić information content (AvgIpc) is 3.07. The Labute approximate surface area is 139 Å². The summed E-state index contributed by atoms with van der Waals surface area (Å²) in [5.74, 6) is 0. The van der Waals surface area contributed by atoms with Crippen LogP contribution in [0.5, 0.6) is 0 Å². The largest absolute Gasteiger partial charge is 0.390 e. The Morgan fingerprint density at radius 1 is 1.39 bits per heavy atom. The first-order valence-corrected chi connectivity index (χ1v) is 8.86. The van der Waals surface area contributed by atoms with Gasteiger partial charge in [0.15, 0.2) is 5.03 Å². The van der Waals surface area contributed by atoms with Crippen LogP contribution in [0.2, 0.25) is 5.02 Å². The van der Waals surface area contributed by atoms with Gasteiger partial charge < -0.3 is 15.0 Å². The fourth-order valence-electron chi connectivity index (χ4n) is 2.54. The van der Waals surface area contributed by atoms with Crippen molar-refractivity contribution in [3.05, 3.63) is 41.8 Å². The number of hydrogen-bond acceptors (Lipinski definition) is 5. The van der Waals surface area contributed by atoms with E-state index in [1.54, 1.807) is 29.8 Å². The number of hydrogen-bond donors (Lipinski definition) is 2. The molecule has 1 aromatic heterocycles. The quantitative estimate of drug-likeness (QED) is 0.850. The van der Waals surface area contributed by atoms with Crippen LogP contribution in [0, 0.1) is 0 Å². The lowest BCUT2D eigenvalue weighted by molar-refractivity contribution is 0.179. The number of anilines is 1. The summed E-state index contributed by atoms with van der Waals surface area (Å²) in [5, 5.41) is 13.9. The van der Waals surface area contributed by atoms with E-state index in [-0.39, 0.29) is 18.1 Å². The predicted octanol–water partition coefficient (Wildman–Crippen LogP) is 0.919. The van der Waals surface area contributed by atoms with Crippen LogP contribution >= 0.6 is 11.6 Å². The first-order valence-electron chi connectivity index (χ1n) is 7.04. The van der Waals surface area contributed by atoms with Crippen LogP contribution in [0.1, 0.15) is 0 Å². The number of aromatic nitrogens is 2. The summed E-state index contributed by atoms with van der Waals surface area (Å²) in [4.78, 5) is 3.89. The van der Waals surface area contributed by atoms with Gasteiger partial charge in [-0.1, -0.05) is 17.7 Å². The van der Waals surface area contributed by atoms with Crippen LogP contribution in [-0.2, 0) is 17.1 Å². The molecule has 0 amide bonds. The van der Waals surface area contributed by atoms with Gasteiger partial charge in [-0.15, -0.1) is 0 Å². The lowest BCUT2D eigenvalue weighted by Gasteiger charge is -2.17. The molecule has 0 aliphatic carbocycles. The van der Waals surface area contributed by atoms with Crippen LogP contribution in [0.25, 0.3) is 0 Å². The summed E-state index contributed by atoms with van der Waals surface area (Å²) in [7, 11) is -2.01. The molecular formula is C14H17ClN4O3S. The molecule has 1 aliphatic rings. The Bertz CT molecular complexity index is 808. The second-order valence-corrected chi connectivity index (χ2v) is 7.85. The smallest absolute Gasteiger partial charge is 0.262 e. The highest BCUT2D eigenvalue weighted by molar-refractivity contribution is 7.89. The van der Waals surface area contributed by atoms with Crippen molar-refractivity contribution in [3.8, 4) is 0 Å². The summed E-state index contributed by atoms with van der Waals surface area (Å²) < 4.78 is 27.9. The van der Waals surface area contributed by atoms with Crippen molar-refractivity contribution in [2.45, 2.75) is 17.2 Å². The number of halogens is 1. The van der Waals surface area contributed by atoms with E-state index >= 15 is 0 Å². The molecule has 2 unspecified atom stereocenters. The van der Waals surface area contributed by atoms with Crippen molar-refractivity contribution in [2.24, 2.45) is 7.05 Å². The van der Waals surface area contributed by atoms with Crippen LogP contribution in [-0.4, -0.2) is 52.6 Å². The molecule has 2 N–H and O–H groups in total. The standard InChI is InChI=1S/C14H17ClN4O3S/c1-18-8-14(16-9-18)23(21,22)19-6-12(13(20)7-19)17-11-4-2-3-10(15)5-11/h2-5,8-9,12-13,17,20H,6-7H2,1H3. The molecular weight excluding hydrogens is 340 g/mol. The fourth-order valence-corrected chi connectivity index (χ4v) is 4.18. The average molecular weight is 357 g/mol. The number of aliphatic hydroxyl groups excluding tert-OH is 1. The summed E-state index contributed by atoms with van der Waals surface area (Å²) >= 11 is 5.93. The molecule has 0 spiro atoms. The Morgan fingerprint density at radius 2 is 2.17 bits per heavy atom. The highest BCUT2D eigenvalue weighted by Crippen LogP contribution is 2.23. The first kappa shape index (κ1) is 16.3. The van der Waals surface area contributed by atoms with Gasteiger partial charge in [0.05, 0.1) is 18.5 Å². The number of imidazole rings is 1. The number of nitrogens with one attached hydrogen (secondary N) is 1. The van der Waals surface area contributed by atoms with Crippen molar-refractivity contribution in [2.75, 3.05) is 18.4 Å². The molecule has 2 heterocycles. The normalized spacial score (nSPS) is 22.4. The number of sulfonamides is 1. The zero-order valence-electron chi connectivity index (χ0n) is 12.4. The molecule has 1 aromatic carbocycles. The lowest BCUT2D eigenvalue weighted by atomic mass is 10.2. The molecule has 0 saturated carbocycles. The SMILES string of the molecule is Cn1cnc(S(=O)(=O)N2CC(O)C(Nc3cccc(Cl)c3)C2)c1. The molecule has 124 valence electrons. The van der Waals surface area contributed by atoms with Gasteiger partial charge in [0.2, 0.25) is 0 Å². The predicted molar refractivity (Wildman–Crippen MR) is 86.8 cm³/mol. The van der Waals surface area contributed by atoms with Gasteiger partial charge in [-0.25, -0.2) is 13.4 Å². The minimum absolute atomic E-state index is 0.0180. The number of nitrogens with zero attached hydrogens (tertiary/aromatic N) is 3. The van der Waals surface area contributed by atoms with Crippen molar-refractivity contribution >= 4 is 27.3 Å². The van der Waals surface area contributed by atoms with Crippen molar-refractivity contribution in [3.63, 3.8) is 0 Å². The molecule has 1 fully saturated rings. The van der Waals surface area contributed by atoms with Gasteiger partial charge in [-0.3, -0.25) is 0 Å². The highest BCUT2D eigenvalue weighted by atomic mass is 35.5. The molecule has 7 nitrogen and oxygen atoms in total. The number of aryl methyl sites for hydroxylation is 1. The zero-order chi connectivity index (χ0) is 16.6. The fraction of sp³-hybridized carbons (Fsp3) is 0.357. The van der Waals surface area contributed by atoms with Gasteiger partial charge >= 0.3 is 0 Å². The second-order valence-electron chi connectivity index (χ2n) is 5.53. The van der Waals surface area contributed by atoms with E-state index in [1.165, 1.54) is 16.8 Å². The molecule has 0 bridgehead atoms. The van der Waals surface area contributed by atoms with Crippen LogP contribution in [0.15, 0.2) is 41.8 Å². The van der Waals surface area contributed by atoms with Gasteiger partial charge in [0.25, 0.3) is 10.0 Å². The molecule has 2 aromatic rings. The Balaban J connectivity index is 1.76. The van der Waals surface area contributed by atoms with Crippen molar-refractivity contribution in [1.82, 2.24) is 13.9 Å². The van der Waals surface area contributed by atoms with Gasteiger partial charge in [0.1, 0.15) is 0 Å². The number of aliphatic hydroxyl groups is 1. The Kier molecular flexibility index (Phi) is 4.33. The first-order chi connectivity index (χ1) is 10.9. The third-order valence-corrected chi connectivity index (χ3v) is 5.67. The van der Waals surface area contributed by atoms with Gasteiger partial charge in [0, 0.05) is 37.0 Å². The van der Waals surface area contributed by atoms with Gasteiger partial charge in [-0.05, 0) is 18.2 Å². The lowest BCUT2D eigenvalue weighted by Crippen LogP contribution is -2.33. The third kappa shape index (κ3) is 3.35. The summed E-state index contributed by atoms with van der Waals surface area (Å²) in [6.07, 6.45) is 2.06. The highest BCUT2D eigenvalue weighted by Gasteiger charge is 2.39. The maximum Gasteiger partial charge on any atom is 0.262 e.